The van der Waals surface area contributed by atoms with Gasteiger partial charge in [-0.25, -0.2) is 0 Å². The molecule has 0 saturated heterocycles. The van der Waals surface area contributed by atoms with Gasteiger partial charge in [-0.2, -0.15) is 0 Å². The SMILES string of the molecule is COc1ccc(C2CC(=O)C3C(=Nc4ccccc4NC3c3ccc(N(C(C)C)C(C)C)cc3O)C2)cc1. The van der Waals surface area contributed by atoms with Crippen molar-refractivity contribution >= 4 is 28.6 Å². The molecule has 6 nitrogen and oxygen atoms in total. The van der Waals surface area contributed by atoms with Gasteiger partial charge in [0, 0.05) is 41.5 Å². The van der Waals surface area contributed by atoms with Crippen molar-refractivity contribution in [3.05, 3.63) is 77.9 Å². The number of benzene rings is 3. The van der Waals surface area contributed by atoms with Crippen LogP contribution in [0.3, 0.4) is 0 Å². The summed E-state index contributed by atoms with van der Waals surface area (Å²) >= 11 is 0. The third-order valence-electron chi connectivity index (χ3n) is 7.77. The van der Waals surface area contributed by atoms with E-state index >= 15 is 0 Å². The molecule has 1 saturated carbocycles. The maximum Gasteiger partial charge on any atom is 0.144 e. The van der Waals surface area contributed by atoms with Gasteiger partial charge in [-0.15, -0.1) is 0 Å². The zero-order valence-electron chi connectivity index (χ0n) is 22.8. The highest BCUT2D eigenvalue weighted by molar-refractivity contribution is 6.11. The number of phenols is 1. The highest BCUT2D eigenvalue weighted by Crippen LogP contribution is 2.46. The number of carbonyl (C=O) groups is 1. The maximum absolute atomic E-state index is 13.9. The number of methoxy groups -OCH3 is 1. The van der Waals surface area contributed by atoms with Gasteiger partial charge < -0.3 is 20.1 Å². The van der Waals surface area contributed by atoms with E-state index in [9.17, 15) is 9.90 Å². The molecule has 198 valence electrons. The first-order valence-electron chi connectivity index (χ1n) is 13.5. The van der Waals surface area contributed by atoms with Gasteiger partial charge in [-0.3, -0.25) is 9.79 Å². The van der Waals surface area contributed by atoms with Crippen LogP contribution in [0.4, 0.5) is 17.1 Å². The highest BCUT2D eigenvalue weighted by Gasteiger charge is 2.42. The summed E-state index contributed by atoms with van der Waals surface area (Å²) in [7, 11) is 1.65. The molecule has 1 aliphatic heterocycles. The van der Waals surface area contributed by atoms with Gasteiger partial charge in [0.25, 0.3) is 0 Å². The highest BCUT2D eigenvalue weighted by atomic mass is 16.5. The molecule has 0 spiro atoms. The molecule has 3 atom stereocenters. The van der Waals surface area contributed by atoms with E-state index in [-0.39, 0.29) is 29.5 Å². The number of hydrogen-bond acceptors (Lipinski definition) is 6. The Morgan fingerprint density at radius 2 is 1.68 bits per heavy atom. The Bertz CT molecular complexity index is 1340. The molecule has 0 bridgehead atoms. The van der Waals surface area contributed by atoms with E-state index in [4.69, 9.17) is 9.73 Å². The number of ketones is 1. The number of fused-ring (bicyclic) bond motifs is 2. The number of nitrogens with zero attached hydrogens (tertiary/aromatic N) is 2. The maximum atomic E-state index is 13.9. The second kappa shape index (κ2) is 10.5. The van der Waals surface area contributed by atoms with Gasteiger partial charge in [-0.1, -0.05) is 30.3 Å². The predicted octanol–water partition coefficient (Wildman–Crippen LogP) is 7.03. The van der Waals surface area contributed by atoms with Gasteiger partial charge in [0.05, 0.1) is 30.4 Å². The molecule has 38 heavy (non-hydrogen) atoms. The first-order chi connectivity index (χ1) is 18.3. The molecule has 1 fully saturated rings. The molecule has 3 aromatic carbocycles. The molecule has 2 N–H and O–H groups in total. The fraction of sp³-hybridized carbons (Fsp3) is 0.375. The van der Waals surface area contributed by atoms with Crippen molar-refractivity contribution in [2.45, 2.75) is 64.6 Å². The second-order valence-electron chi connectivity index (χ2n) is 10.9. The summed E-state index contributed by atoms with van der Waals surface area (Å²) < 4.78 is 5.32. The minimum atomic E-state index is -0.458. The van der Waals surface area contributed by atoms with Crippen LogP contribution in [-0.2, 0) is 4.79 Å². The number of aliphatic imine (C=N–C) groups is 1. The van der Waals surface area contributed by atoms with Crippen LogP contribution in [0.15, 0.2) is 71.7 Å². The summed E-state index contributed by atoms with van der Waals surface area (Å²) in [5.74, 6) is 0.716. The molecule has 0 aromatic heterocycles. The van der Waals surface area contributed by atoms with Gasteiger partial charge in [0.1, 0.15) is 17.3 Å². The Labute approximate surface area is 225 Å². The quantitative estimate of drug-likeness (QED) is 0.372. The molecule has 1 aliphatic carbocycles. The third kappa shape index (κ3) is 4.87. The van der Waals surface area contributed by atoms with Crippen molar-refractivity contribution in [1.29, 1.82) is 0 Å². The molecular formula is C32H37N3O3. The molecule has 6 heteroatoms. The number of hydrogen-bond donors (Lipinski definition) is 2. The molecule has 1 heterocycles. The van der Waals surface area contributed by atoms with Crippen LogP contribution in [0.2, 0.25) is 0 Å². The number of rotatable bonds is 6. The van der Waals surface area contributed by atoms with E-state index in [0.29, 0.717) is 18.4 Å². The Hall–Kier alpha value is -3.80. The number of phenolic OH excluding ortho intramolecular Hbond substituents is 1. The fourth-order valence-electron chi connectivity index (χ4n) is 6.12. The number of anilines is 2. The number of nitrogens with one attached hydrogen (secondary N) is 1. The van der Waals surface area contributed by atoms with E-state index in [1.54, 1.807) is 7.11 Å². The molecule has 5 rings (SSSR count). The molecule has 3 aromatic rings. The summed E-state index contributed by atoms with van der Waals surface area (Å²) in [6.45, 7) is 8.60. The minimum absolute atomic E-state index is 0.0518. The van der Waals surface area contributed by atoms with Crippen LogP contribution in [-0.4, -0.2) is 35.8 Å². The van der Waals surface area contributed by atoms with E-state index in [1.807, 2.05) is 60.7 Å². The minimum Gasteiger partial charge on any atom is -0.508 e. The van der Waals surface area contributed by atoms with Crippen molar-refractivity contribution in [2.24, 2.45) is 10.9 Å². The van der Waals surface area contributed by atoms with E-state index in [1.165, 1.54) is 0 Å². The van der Waals surface area contributed by atoms with E-state index in [2.05, 4.69) is 44.0 Å². The molecule has 0 radical (unpaired) electrons. The normalized spacial score (nSPS) is 20.8. The van der Waals surface area contributed by atoms with Crippen molar-refractivity contribution in [1.82, 2.24) is 0 Å². The van der Waals surface area contributed by atoms with Crippen LogP contribution in [0.25, 0.3) is 0 Å². The summed E-state index contributed by atoms with van der Waals surface area (Å²) in [5.41, 5.74) is 5.33. The van der Waals surface area contributed by atoms with Crippen LogP contribution in [0.5, 0.6) is 11.5 Å². The molecule has 2 aliphatic rings. The van der Waals surface area contributed by atoms with Crippen molar-refractivity contribution in [2.75, 3.05) is 17.3 Å². The first-order valence-corrected chi connectivity index (χ1v) is 13.5. The zero-order chi connectivity index (χ0) is 27.0. The lowest BCUT2D eigenvalue weighted by Gasteiger charge is -2.35. The topological polar surface area (TPSA) is 74.2 Å². The van der Waals surface area contributed by atoms with Gasteiger partial charge >= 0.3 is 0 Å². The molecule has 3 unspecified atom stereocenters. The lowest BCUT2D eigenvalue weighted by molar-refractivity contribution is -0.122. The van der Waals surface area contributed by atoms with E-state index in [0.717, 1.165) is 34.1 Å². The van der Waals surface area contributed by atoms with Gasteiger partial charge in [-0.05, 0) is 75.9 Å². The second-order valence-corrected chi connectivity index (χ2v) is 10.9. The van der Waals surface area contributed by atoms with Crippen molar-refractivity contribution in [3.8, 4) is 11.5 Å². The summed E-state index contributed by atoms with van der Waals surface area (Å²) in [4.78, 5) is 21.2. The smallest absolute Gasteiger partial charge is 0.144 e. The van der Waals surface area contributed by atoms with E-state index < -0.39 is 12.0 Å². The van der Waals surface area contributed by atoms with Crippen LogP contribution < -0.4 is 15.0 Å². The fourth-order valence-corrected chi connectivity index (χ4v) is 6.12. The number of Topliss-reactive ketones (excluding diaryl/α,β-unsaturated/α-hetero) is 1. The largest absolute Gasteiger partial charge is 0.508 e. The number of para-hydroxylation sites is 2. The van der Waals surface area contributed by atoms with Gasteiger partial charge in [0.15, 0.2) is 0 Å². The number of carbonyl (C=O) groups excluding carboxylic acids is 1. The lowest BCUT2D eigenvalue weighted by atomic mass is 9.72. The number of ether oxygens (including phenoxy) is 1. The van der Waals surface area contributed by atoms with Gasteiger partial charge in [0.2, 0.25) is 0 Å². The number of aromatic hydroxyl groups is 1. The third-order valence-corrected chi connectivity index (χ3v) is 7.77. The molecule has 0 amide bonds. The summed E-state index contributed by atoms with van der Waals surface area (Å²) in [6, 6.07) is 21.9. The summed E-state index contributed by atoms with van der Waals surface area (Å²) in [6.07, 6.45) is 1.11. The average Bonchev–Trinajstić information content (AvgIpc) is 3.05. The Kier molecular flexibility index (Phi) is 7.15. The van der Waals surface area contributed by atoms with Crippen molar-refractivity contribution < 1.29 is 14.6 Å². The molecular weight excluding hydrogens is 474 g/mol. The Balaban J connectivity index is 1.54. The predicted molar refractivity (Wildman–Crippen MR) is 154 cm³/mol. The standard InChI is InChI=1S/C32H37N3O3/c1-19(2)35(20(3)4)23-12-15-25(29(36)18-23)32-31-28(33-26-8-6-7-9-27(26)34-32)16-22(17-30(31)37)21-10-13-24(38-5)14-11-21/h6-15,18-20,22,31-32,34,36H,16-17H2,1-5H3. The van der Waals surface area contributed by atoms with Crippen LogP contribution in [0, 0.1) is 5.92 Å². The average molecular weight is 512 g/mol. The Morgan fingerprint density at radius 1 is 0.974 bits per heavy atom. The first kappa shape index (κ1) is 25.8. The lowest BCUT2D eigenvalue weighted by Crippen LogP contribution is -2.39. The Morgan fingerprint density at radius 3 is 2.34 bits per heavy atom. The van der Waals surface area contributed by atoms with Crippen LogP contribution >= 0.6 is 0 Å². The van der Waals surface area contributed by atoms with Crippen molar-refractivity contribution in [3.63, 3.8) is 0 Å². The monoisotopic (exact) mass is 511 g/mol. The van der Waals surface area contributed by atoms with Crippen LogP contribution in [0.1, 0.15) is 63.6 Å². The summed E-state index contributed by atoms with van der Waals surface area (Å²) in [5, 5.41) is 14.9. The zero-order valence-corrected chi connectivity index (χ0v) is 22.8.